The van der Waals surface area contributed by atoms with Gasteiger partial charge in [0.25, 0.3) is 0 Å². The van der Waals surface area contributed by atoms with Gasteiger partial charge in [-0.05, 0) is 51.2 Å². The molecule has 2 atom stereocenters. The van der Waals surface area contributed by atoms with E-state index in [0.29, 0.717) is 5.92 Å². The quantitative estimate of drug-likeness (QED) is 0.822. The van der Waals surface area contributed by atoms with E-state index in [0.717, 1.165) is 26.1 Å². The number of amides is 1. The molecule has 112 valence electrons. The zero-order chi connectivity index (χ0) is 12.8. The van der Waals surface area contributed by atoms with Gasteiger partial charge < -0.3 is 15.5 Å². The van der Waals surface area contributed by atoms with Gasteiger partial charge >= 0.3 is 0 Å². The SMILES string of the molecule is CC1CCNC(C(=O)NCCN2CCCCC2)C1.Cl. The number of likely N-dealkylation sites (tertiary alicyclic amines) is 1. The van der Waals surface area contributed by atoms with Crippen LogP contribution in [-0.2, 0) is 4.79 Å². The summed E-state index contributed by atoms with van der Waals surface area (Å²) in [7, 11) is 0. The molecule has 1 amide bonds. The molecule has 2 heterocycles. The lowest BCUT2D eigenvalue weighted by Gasteiger charge is -2.29. The largest absolute Gasteiger partial charge is 0.353 e. The molecule has 2 fully saturated rings. The molecule has 0 bridgehead atoms. The molecule has 2 N–H and O–H groups in total. The van der Waals surface area contributed by atoms with Crippen LogP contribution in [0.25, 0.3) is 0 Å². The minimum absolute atomic E-state index is 0. The third-order valence-electron chi connectivity index (χ3n) is 4.16. The van der Waals surface area contributed by atoms with E-state index in [2.05, 4.69) is 22.5 Å². The Morgan fingerprint density at radius 1 is 1.32 bits per heavy atom. The maximum atomic E-state index is 12.0. The molecule has 4 nitrogen and oxygen atoms in total. The van der Waals surface area contributed by atoms with Crippen LogP contribution >= 0.6 is 12.4 Å². The van der Waals surface area contributed by atoms with E-state index in [1.165, 1.54) is 38.8 Å². The van der Waals surface area contributed by atoms with Crippen LogP contribution in [-0.4, -0.2) is 49.6 Å². The molecule has 0 spiro atoms. The Bertz CT molecular complexity index is 269. The van der Waals surface area contributed by atoms with Crippen molar-refractivity contribution in [2.45, 2.75) is 45.1 Å². The average molecular weight is 290 g/mol. The first-order chi connectivity index (χ1) is 8.75. The predicted octanol–water partition coefficient (Wildman–Crippen LogP) is 1.40. The fourth-order valence-corrected chi connectivity index (χ4v) is 2.95. The fraction of sp³-hybridized carbons (Fsp3) is 0.929. The van der Waals surface area contributed by atoms with Crippen molar-refractivity contribution in [1.29, 1.82) is 0 Å². The van der Waals surface area contributed by atoms with Crippen molar-refractivity contribution in [3.63, 3.8) is 0 Å². The Hall–Kier alpha value is -0.320. The minimum atomic E-state index is 0. The Balaban J connectivity index is 0.00000180. The number of nitrogens with zero attached hydrogens (tertiary/aromatic N) is 1. The number of carbonyl (C=O) groups is 1. The monoisotopic (exact) mass is 289 g/mol. The Morgan fingerprint density at radius 2 is 2.05 bits per heavy atom. The van der Waals surface area contributed by atoms with Crippen LogP contribution in [0.4, 0.5) is 0 Å². The molecule has 0 aromatic rings. The van der Waals surface area contributed by atoms with Gasteiger partial charge in [0.2, 0.25) is 5.91 Å². The molecule has 5 heteroatoms. The molecule has 2 aliphatic rings. The molecular weight excluding hydrogens is 262 g/mol. The first-order valence-electron chi connectivity index (χ1n) is 7.49. The van der Waals surface area contributed by atoms with Crippen LogP contribution in [0, 0.1) is 5.92 Å². The highest BCUT2D eigenvalue weighted by atomic mass is 35.5. The first-order valence-corrected chi connectivity index (χ1v) is 7.49. The smallest absolute Gasteiger partial charge is 0.237 e. The van der Waals surface area contributed by atoms with Gasteiger partial charge in [-0.3, -0.25) is 4.79 Å². The van der Waals surface area contributed by atoms with Crippen molar-refractivity contribution < 1.29 is 4.79 Å². The third kappa shape index (κ3) is 5.67. The average Bonchev–Trinajstić information content (AvgIpc) is 2.40. The van der Waals surface area contributed by atoms with E-state index in [9.17, 15) is 4.79 Å². The van der Waals surface area contributed by atoms with Gasteiger partial charge in [0, 0.05) is 13.1 Å². The van der Waals surface area contributed by atoms with Crippen molar-refractivity contribution in [3.05, 3.63) is 0 Å². The summed E-state index contributed by atoms with van der Waals surface area (Å²) in [4.78, 5) is 14.5. The Labute approximate surface area is 123 Å². The van der Waals surface area contributed by atoms with Crippen molar-refractivity contribution >= 4 is 18.3 Å². The maximum Gasteiger partial charge on any atom is 0.237 e. The van der Waals surface area contributed by atoms with E-state index in [-0.39, 0.29) is 24.4 Å². The highest BCUT2D eigenvalue weighted by Crippen LogP contribution is 2.14. The fourth-order valence-electron chi connectivity index (χ4n) is 2.95. The molecule has 2 rings (SSSR count). The van der Waals surface area contributed by atoms with Crippen molar-refractivity contribution in [3.8, 4) is 0 Å². The lowest BCUT2D eigenvalue weighted by Crippen LogP contribution is -2.49. The van der Waals surface area contributed by atoms with Gasteiger partial charge in [-0.1, -0.05) is 13.3 Å². The molecule has 19 heavy (non-hydrogen) atoms. The number of piperidine rings is 2. The van der Waals surface area contributed by atoms with Crippen LogP contribution in [0.2, 0.25) is 0 Å². The third-order valence-corrected chi connectivity index (χ3v) is 4.16. The van der Waals surface area contributed by atoms with Crippen LogP contribution < -0.4 is 10.6 Å². The van der Waals surface area contributed by atoms with E-state index < -0.39 is 0 Å². The zero-order valence-electron chi connectivity index (χ0n) is 12.0. The second kappa shape index (κ2) is 8.77. The van der Waals surface area contributed by atoms with Gasteiger partial charge in [0.1, 0.15) is 0 Å². The van der Waals surface area contributed by atoms with Gasteiger partial charge in [-0.15, -0.1) is 12.4 Å². The van der Waals surface area contributed by atoms with E-state index >= 15 is 0 Å². The lowest BCUT2D eigenvalue weighted by molar-refractivity contribution is -0.124. The number of hydrogen-bond donors (Lipinski definition) is 2. The topological polar surface area (TPSA) is 44.4 Å². The molecule has 0 aromatic heterocycles. The summed E-state index contributed by atoms with van der Waals surface area (Å²) in [6.07, 6.45) is 6.17. The second-order valence-corrected chi connectivity index (χ2v) is 5.83. The van der Waals surface area contributed by atoms with Gasteiger partial charge in [-0.2, -0.15) is 0 Å². The van der Waals surface area contributed by atoms with Crippen molar-refractivity contribution in [2.24, 2.45) is 5.92 Å². The van der Waals surface area contributed by atoms with Crippen molar-refractivity contribution in [2.75, 3.05) is 32.7 Å². The summed E-state index contributed by atoms with van der Waals surface area (Å²) >= 11 is 0. The van der Waals surface area contributed by atoms with Crippen LogP contribution in [0.15, 0.2) is 0 Å². The summed E-state index contributed by atoms with van der Waals surface area (Å²) in [6.45, 7) is 7.42. The van der Waals surface area contributed by atoms with Gasteiger partial charge in [0.05, 0.1) is 6.04 Å². The molecule has 0 radical (unpaired) electrons. The molecule has 0 aliphatic carbocycles. The van der Waals surface area contributed by atoms with Gasteiger partial charge in [0.15, 0.2) is 0 Å². The minimum Gasteiger partial charge on any atom is -0.353 e. The lowest BCUT2D eigenvalue weighted by atomic mass is 9.94. The van der Waals surface area contributed by atoms with E-state index in [1.54, 1.807) is 0 Å². The predicted molar refractivity (Wildman–Crippen MR) is 80.7 cm³/mol. The Kier molecular flexibility index (Phi) is 7.73. The number of halogens is 1. The number of hydrogen-bond acceptors (Lipinski definition) is 3. The summed E-state index contributed by atoms with van der Waals surface area (Å²) in [6, 6.07) is 0.0371. The zero-order valence-corrected chi connectivity index (χ0v) is 12.8. The summed E-state index contributed by atoms with van der Waals surface area (Å²) in [5.41, 5.74) is 0. The molecule has 2 saturated heterocycles. The standard InChI is InChI=1S/C14H27N3O.ClH/c1-12-5-6-15-13(11-12)14(18)16-7-10-17-8-3-2-4-9-17;/h12-13,15H,2-11H2,1H3,(H,16,18);1H. The molecule has 0 saturated carbocycles. The summed E-state index contributed by atoms with van der Waals surface area (Å²) in [5, 5.41) is 6.39. The van der Waals surface area contributed by atoms with Crippen molar-refractivity contribution in [1.82, 2.24) is 15.5 Å². The van der Waals surface area contributed by atoms with Crippen LogP contribution in [0.1, 0.15) is 39.0 Å². The number of nitrogens with one attached hydrogen (secondary N) is 2. The molecular formula is C14H28ClN3O. The highest BCUT2D eigenvalue weighted by Gasteiger charge is 2.24. The van der Waals surface area contributed by atoms with E-state index in [4.69, 9.17) is 0 Å². The van der Waals surface area contributed by atoms with Crippen LogP contribution in [0.5, 0.6) is 0 Å². The normalized spacial score (nSPS) is 28.5. The van der Waals surface area contributed by atoms with Crippen LogP contribution in [0.3, 0.4) is 0 Å². The summed E-state index contributed by atoms with van der Waals surface area (Å²) < 4.78 is 0. The summed E-state index contributed by atoms with van der Waals surface area (Å²) in [5.74, 6) is 0.864. The highest BCUT2D eigenvalue weighted by molar-refractivity contribution is 5.85. The number of carbonyl (C=O) groups excluding carboxylic acids is 1. The molecule has 2 unspecified atom stereocenters. The molecule has 0 aromatic carbocycles. The van der Waals surface area contributed by atoms with Gasteiger partial charge in [-0.25, -0.2) is 0 Å². The Morgan fingerprint density at radius 3 is 2.74 bits per heavy atom. The molecule has 2 aliphatic heterocycles. The van der Waals surface area contributed by atoms with E-state index in [1.807, 2.05) is 0 Å². The second-order valence-electron chi connectivity index (χ2n) is 5.83. The number of rotatable bonds is 4. The first kappa shape index (κ1) is 16.7. The maximum absolute atomic E-state index is 12.0.